The van der Waals surface area contributed by atoms with E-state index in [0.29, 0.717) is 0 Å². The summed E-state index contributed by atoms with van der Waals surface area (Å²) in [6.07, 6.45) is 4.25. The Morgan fingerprint density at radius 3 is 1.50 bits per heavy atom. The van der Waals surface area contributed by atoms with Crippen LogP contribution in [0.5, 0.6) is 0 Å². The molecule has 0 rings (SSSR count). The first-order valence-corrected chi connectivity index (χ1v) is 9.30. The van der Waals surface area contributed by atoms with Crippen molar-refractivity contribution in [2.75, 3.05) is 41.3 Å². The lowest BCUT2D eigenvalue weighted by Gasteiger charge is -2.15. The van der Waals surface area contributed by atoms with Crippen LogP contribution in [-0.2, 0) is 0 Å². The van der Waals surface area contributed by atoms with Gasteiger partial charge in [0.05, 0.1) is 0 Å². The third-order valence-corrected chi connectivity index (χ3v) is 6.98. The van der Waals surface area contributed by atoms with Crippen molar-refractivity contribution in [2.24, 2.45) is 0 Å². The normalized spacial score (nSPS) is 11.4. The van der Waals surface area contributed by atoms with Gasteiger partial charge >= 0.3 is 0 Å². The van der Waals surface area contributed by atoms with Crippen LogP contribution in [0.25, 0.3) is 0 Å². The van der Waals surface area contributed by atoms with Gasteiger partial charge in [0.25, 0.3) is 14.1 Å². The first-order chi connectivity index (χ1) is 7.56. The SMILES string of the molecule is CC[CH2][Al]([CH2]CCN(C)C)[CH2]CCN(C)C. The molecular weight excluding hydrogens is 211 g/mol. The van der Waals surface area contributed by atoms with Crippen molar-refractivity contribution in [3.05, 3.63) is 0 Å². The smallest absolute Gasteiger partial charge is 0.261 e. The Labute approximate surface area is 107 Å². The number of nitrogens with zero attached hydrogens (tertiary/aromatic N) is 2. The van der Waals surface area contributed by atoms with Crippen LogP contribution in [0.3, 0.4) is 0 Å². The Hall–Kier alpha value is 0.452. The van der Waals surface area contributed by atoms with Gasteiger partial charge in [0.2, 0.25) is 0 Å². The molecule has 2 nitrogen and oxygen atoms in total. The average molecular weight is 242 g/mol. The first kappa shape index (κ1) is 16.5. The van der Waals surface area contributed by atoms with Gasteiger partial charge in [-0.15, -0.1) is 0 Å². The Morgan fingerprint density at radius 1 is 0.750 bits per heavy atom. The molecule has 0 N–H and O–H groups in total. The second-order valence-electron chi connectivity index (χ2n) is 5.55. The van der Waals surface area contributed by atoms with E-state index in [1.165, 1.54) is 32.4 Å². The van der Waals surface area contributed by atoms with Crippen LogP contribution < -0.4 is 0 Å². The number of hydrogen-bond acceptors (Lipinski definition) is 2. The van der Waals surface area contributed by atoms with Gasteiger partial charge in [0.1, 0.15) is 0 Å². The molecular formula is C13H31AlN2. The van der Waals surface area contributed by atoms with Gasteiger partial charge < -0.3 is 9.80 Å². The average Bonchev–Trinajstić information content (AvgIpc) is 2.16. The van der Waals surface area contributed by atoms with Gasteiger partial charge in [-0.25, -0.2) is 0 Å². The highest BCUT2D eigenvalue weighted by atomic mass is 27.2. The fourth-order valence-corrected chi connectivity index (χ4v) is 5.44. The largest absolute Gasteiger partial charge is 0.309 e. The van der Waals surface area contributed by atoms with Crippen LogP contribution in [0.2, 0.25) is 15.8 Å². The molecule has 0 aromatic heterocycles. The highest BCUT2D eigenvalue weighted by molar-refractivity contribution is 6.58. The lowest BCUT2D eigenvalue weighted by molar-refractivity contribution is 0.404. The number of rotatable bonds is 10. The van der Waals surface area contributed by atoms with E-state index in [0.717, 1.165) is 0 Å². The second kappa shape index (κ2) is 10.6. The lowest BCUT2D eigenvalue weighted by Crippen LogP contribution is -2.20. The molecule has 0 spiro atoms. The summed E-state index contributed by atoms with van der Waals surface area (Å²) in [4.78, 5) is 4.63. The van der Waals surface area contributed by atoms with Crippen molar-refractivity contribution < 1.29 is 0 Å². The maximum Gasteiger partial charge on any atom is 0.261 e. The van der Waals surface area contributed by atoms with E-state index in [4.69, 9.17) is 0 Å². The highest BCUT2D eigenvalue weighted by Crippen LogP contribution is 2.13. The molecule has 0 unspecified atom stereocenters. The standard InChI is InChI=1S/2C5H12N.C3H7.Al/c2*1-4-5-6(2)3;1-3-2;/h2*1,4-5H2,2-3H3;1,3H2,2H3;. The van der Waals surface area contributed by atoms with Crippen LogP contribution >= 0.6 is 0 Å². The molecule has 96 valence electrons. The van der Waals surface area contributed by atoms with Gasteiger partial charge in [-0.3, -0.25) is 0 Å². The molecule has 0 aliphatic carbocycles. The molecule has 0 aromatic carbocycles. The Balaban J connectivity index is 3.61. The molecule has 0 heterocycles. The first-order valence-electron chi connectivity index (χ1n) is 6.85. The van der Waals surface area contributed by atoms with Crippen molar-refractivity contribution in [2.45, 2.75) is 42.0 Å². The summed E-state index contributed by atoms with van der Waals surface area (Å²) >= 11 is -0.405. The van der Waals surface area contributed by atoms with Crippen LogP contribution in [0, 0.1) is 0 Å². The predicted molar refractivity (Wildman–Crippen MR) is 76.8 cm³/mol. The number of hydrogen-bond donors (Lipinski definition) is 0. The van der Waals surface area contributed by atoms with E-state index < -0.39 is 14.1 Å². The molecule has 0 radical (unpaired) electrons. The van der Waals surface area contributed by atoms with E-state index in [1.54, 1.807) is 15.8 Å². The molecule has 0 atom stereocenters. The van der Waals surface area contributed by atoms with Gasteiger partial charge in [0, 0.05) is 0 Å². The van der Waals surface area contributed by atoms with E-state index in [-0.39, 0.29) is 0 Å². The van der Waals surface area contributed by atoms with Crippen molar-refractivity contribution in [3.8, 4) is 0 Å². The van der Waals surface area contributed by atoms with E-state index in [2.05, 4.69) is 44.9 Å². The molecule has 0 bridgehead atoms. The van der Waals surface area contributed by atoms with Crippen molar-refractivity contribution in [1.82, 2.24) is 9.80 Å². The van der Waals surface area contributed by atoms with Crippen LogP contribution in [-0.4, -0.2) is 65.2 Å². The summed E-state index contributed by atoms with van der Waals surface area (Å²) in [6, 6.07) is 0. The minimum atomic E-state index is -0.405. The predicted octanol–water partition coefficient (Wildman–Crippen LogP) is 2.79. The zero-order valence-electron chi connectivity index (χ0n) is 12.1. The van der Waals surface area contributed by atoms with E-state index in [1.807, 2.05) is 0 Å². The molecule has 0 fully saturated rings. The maximum atomic E-state index is 2.35. The summed E-state index contributed by atoms with van der Waals surface area (Å²) in [6.45, 7) is 4.90. The molecule has 0 amide bonds. The van der Waals surface area contributed by atoms with Gasteiger partial charge in [-0.2, -0.15) is 0 Å². The van der Waals surface area contributed by atoms with E-state index >= 15 is 0 Å². The molecule has 0 saturated heterocycles. The van der Waals surface area contributed by atoms with Gasteiger partial charge in [-0.1, -0.05) is 42.0 Å². The summed E-state index contributed by atoms with van der Waals surface area (Å²) in [5.41, 5.74) is 0. The summed E-state index contributed by atoms with van der Waals surface area (Å²) in [7, 11) is 8.73. The van der Waals surface area contributed by atoms with Gasteiger partial charge in [-0.05, 0) is 41.3 Å². The van der Waals surface area contributed by atoms with Crippen LogP contribution in [0.4, 0.5) is 0 Å². The summed E-state index contributed by atoms with van der Waals surface area (Å²) < 4.78 is 0. The van der Waals surface area contributed by atoms with E-state index in [9.17, 15) is 0 Å². The molecule has 0 saturated carbocycles. The Morgan fingerprint density at radius 2 is 1.19 bits per heavy atom. The fourth-order valence-electron chi connectivity index (χ4n) is 2.23. The topological polar surface area (TPSA) is 6.48 Å². The lowest BCUT2D eigenvalue weighted by atomic mass is 10.4. The minimum Gasteiger partial charge on any atom is -0.309 e. The highest BCUT2D eigenvalue weighted by Gasteiger charge is 2.14. The van der Waals surface area contributed by atoms with Crippen molar-refractivity contribution in [3.63, 3.8) is 0 Å². The summed E-state index contributed by atoms with van der Waals surface area (Å²) in [5, 5.41) is 4.67. The van der Waals surface area contributed by atoms with Gasteiger partial charge in [0.15, 0.2) is 0 Å². The van der Waals surface area contributed by atoms with Crippen molar-refractivity contribution in [1.29, 1.82) is 0 Å². The Kier molecular flexibility index (Phi) is 10.9. The monoisotopic (exact) mass is 242 g/mol. The quantitative estimate of drug-likeness (QED) is 0.544. The van der Waals surface area contributed by atoms with Crippen molar-refractivity contribution >= 4 is 14.1 Å². The van der Waals surface area contributed by atoms with Crippen LogP contribution in [0.1, 0.15) is 26.2 Å². The Bertz CT molecular complexity index is 135. The third kappa shape index (κ3) is 11.0. The minimum absolute atomic E-state index is 0.405. The molecule has 0 aliphatic rings. The van der Waals surface area contributed by atoms with Crippen LogP contribution in [0.15, 0.2) is 0 Å². The second-order valence-corrected chi connectivity index (χ2v) is 9.01. The fraction of sp³-hybridized carbons (Fsp3) is 1.00. The molecule has 0 aliphatic heterocycles. The zero-order chi connectivity index (χ0) is 12.4. The zero-order valence-corrected chi connectivity index (χ0v) is 13.3. The molecule has 16 heavy (non-hydrogen) atoms. The maximum absolute atomic E-state index is 2.35. The third-order valence-electron chi connectivity index (χ3n) is 3.13. The summed E-state index contributed by atoms with van der Waals surface area (Å²) in [5.74, 6) is 0. The molecule has 0 aromatic rings. The molecule has 3 heteroatoms.